The molecule has 2 aromatic rings. The minimum absolute atomic E-state index is 1.04. The molecule has 2 aromatic heterocycles. The average molecular weight is 229 g/mol. The van der Waals surface area contributed by atoms with Crippen molar-refractivity contribution in [3.05, 3.63) is 37.1 Å². The van der Waals surface area contributed by atoms with E-state index in [2.05, 4.69) is 21.3 Å². The first-order chi connectivity index (χ1) is 8.43. The van der Waals surface area contributed by atoms with Gasteiger partial charge in [-0.2, -0.15) is 0 Å². The van der Waals surface area contributed by atoms with Gasteiger partial charge in [0.25, 0.3) is 0 Å². The number of anilines is 1. The normalized spacial score (nSPS) is 16.1. The zero-order valence-electron chi connectivity index (χ0n) is 9.60. The molecule has 0 radical (unpaired) electrons. The van der Waals surface area contributed by atoms with E-state index in [1.165, 1.54) is 5.69 Å². The number of piperazine rings is 1. The van der Waals surface area contributed by atoms with Gasteiger partial charge in [-0.3, -0.25) is 4.98 Å². The summed E-state index contributed by atoms with van der Waals surface area (Å²) in [7, 11) is 0. The third-order valence-electron chi connectivity index (χ3n) is 3.06. The number of nitrogens with one attached hydrogen (secondary N) is 1. The molecule has 3 heterocycles. The van der Waals surface area contributed by atoms with Crippen LogP contribution in [-0.2, 0) is 0 Å². The molecule has 4 heteroatoms. The molecule has 17 heavy (non-hydrogen) atoms. The summed E-state index contributed by atoms with van der Waals surface area (Å²) >= 11 is 0. The molecule has 1 aliphatic heterocycles. The van der Waals surface area contributed by atoms with Crippen LogP contribution in [0.3, 0.4) is 0 Å². The average Bonchev–Trinajstić information content (AvgIpc) is 2.94. The van der Waals surface area contributed by atoms with Crippen molar-refractivity contribution in [3.8, 4) is 11.1 Å². The van der Waals surface area contributed by atoms with Crippen molar-refractivity contribution in [1.29, 1.82) is 0 Å². The largest absolute Gasteiger partial charge is 0.472 e. The number of hydrogen-bond acceptors (Lipinski definition) is 4. The lowest BCUT2D eigenvalue weighted by atomic mass is 10.1. The fourth-order valence-electron chi connectivity index (χ4n) is 2.11. The number of pyridine rings is 1. The molecule has 1 fully saturated rings. The van der Waals surface area contributed by atoms with Crippen molar-refractivity contribution in [2.24, 2.45) is 0 Å². The van der Waals surface area contributed by atoms with Crippen LogP contribution in [0.1, 0.15) is 0 Å². The highest BCUT2D eigenvalue weighted by molar-refractivity contribution is 5.66. The van der Waals surface area contributed by atoms with Gasteiger partial charge in [-0.15, -0.1) is 0 Å². The summed E-state index contributed by atoms with van der Waals surface area (Å²) in [5, 5.41) is 3.35. The van der Waals surface area contributed by atoms with Gasteiger partial charge in [0, 0.05) is 43.5 Å². The molecule has 1 N–H and O–H groups in total. The molecule has 0 amide bonds. The second-order valence-electron chi connectivity index (χ2n) is 4.18. The smallest absolute Gasteiger partial charge is 0.0981 e. The highest BCUT2D eigenvalue weighted by Gasteiger charge is 2.11. The quantitative estimate of drug-likeness (QED) is 0.851. The first-order valence-corrected chi connectivity index (χ1v) is 5.87. The molecule has 1 saturated heterocycles. The van der Waals surface area contributed by atoms with Crippen LogP contribution in [0.4, 0.5) is 5.69 Å². The van der Waals surface area contributed by atoms with Gasteiger partial charge >= 0.3 is 0 Å². The predicted octanol–water partition coefficient (Wildman–Crippen LogP) is 1.75. The Labute approximate surface area is 100 Å². The van der Waals surface area contributed by atoms with Gasteiger partial charge in [-0.1, -0.05) is 0 Å². The topological polar surface area (TPSA) is 41.3 Å². The molecule has 1 aliphatic rings. The number of rotatable bonds is 2. The van der Waals surface area contributed by atoms with Crippen LogP contribution in [0.2, 0.25) is 0 Å². The van der Waals surface area contributed by atoms with Crippen molar-refractivity contribution in [2.75, 3.05) is 31.1 Å². The predicted molar refractivity (Wildman–Crippen MR) is 67.0 cm³/mol. The van der Waals surface area contributed by atoms with Crippen molar-refractivity contribution in [3.63, 3.8) is 0 Å². The number of nitrogens with zero attached hydrogens (tertiary/aromatic N) is 2. The Morgan fingerprint density at radius 3 is 2.82 bits per heavy atom. The van der Waals surface area contributed by atoms with Crippen LogP contribution in [0.25, 0.3) is 11.1 Å². The Morgan fingerprint density at radius 1 is 1.18 bits per heavy atom. The van der Waals surface area contributed by atoms with E-state index in [1.807, 2.05) is 18.5 Å². The molecule has 3 rings (SSSR count). The summed E-state index contributed by atoms with van der Waals surface area (Å²) < 4.78 is 5.10. The van der Waals surface area contributed by atoms with E-state index < -0.39 is 0 Å². The van der Waals surface area contributed by atoms with E-state index in [0.717, 1.165) is 37.3 Å². The number of aromatic nitrogens is 1. The second-order valence-corrected chi connectivity index (χ2v) is 4.18. The number of furan rings is 1. The summed E-state index contributed by atoms with van der Waals surface area (Å²) in [5.74, 6) is 0. The molecule has 0 aromatic carbocycles. The lowest BCUT2D eigenvalue weighted by Gasteiger charge is -2.29. The van der Waals surface area contributed by atoms with Crippen LogP contribution in [0.15, 0.2) is 41.5 Å². The fourth-order valence-corrected chi connectivity index (χ4v) is 2.11. The zero-order valence-corrected chi connectivity index (χ0v) is 9.60. The number of hydrogen-bond donors (Lipinski definition) is 1. The molecular weight excluding hydrogens is 214 g/mol. The van der Waals surface area contributed by atoms with Crippen molar-refractivity contribution in [1.82, 2.24) is 10.3 Å². The Balaban J connectivity index is 1.88. The molecule has 0 bridgehead atoms. The molecule has 0 aliphatic carbocycles. The minimum atomic E-state index is 1.04. The van der Waals surface area contributed by atoms with Crippen LogP contribution < -0.4 is 10.2 Å². The Bertz CT molecular complexity index is 475. The summed E-state index contributed by atoms with van der Waals surface area (Å²) in [6, 6.07) is 4.13. The van der Waals surface area contributed by atoms with Gasteiger partial charge in [0.1, 0.15) is 0 Å². The maximum absolute atomic E-state index is 5.10. The summed E-state index contributed by atoms with van der Waals surface area (Å²) in [6.45, 7) is 4.15. The van der Waals surface area contributed by atoms with Crippen molar-refractivity contribution in [2.45, 2.75) is 0 Å². The van der Waals surface area contributed by atoms with Gasteiger partial charge in [0.2, 0.25) is 0 Å². The highest BCUT2D eigenvalue weighted by atomic mass is 16.3. The van der Waals surface area contributed by atoms with Gasteiger partial charge in [-0.05, 0) is 12.1 Å². The van der Waals surface area contributed by atoms with Crippen LogP contribution in [0.5, 0.6) is 0 Å². The van der Waals surface area contributed by atoms with E-state index in [0.29, 0.717) is 0 Å². The summed E-state index contributed by atoms with van der Waals surface area (Å²) in [6.07, 6.45) is 7.23. The zero-order chi connectivity index (χ0) is 11.5. The standard InChI is InChI=1S/C13H15N3O/c1-6-17-10-11(1)12-7-13(9-15-8-12)16-4-2-14-3-5-16/h1,6-10,14H,2-5H2. The molecule has 0 spiro atoms. The van der Waals surface area contributed by atoms with Crippen LogP contribution in [0, 0.1) is 0 Å². The molecule has 0 saturated carbocycles. The lowest BCUT2D eigenvalue weighted by Crippen LogP contribution is -2.43. The fraction of sp³-hybridized carbons (Fsp3) is 0.308. The van der Waals surface area contributed by atoms with Crippen LogP contribution in [-0.4, -0.2) is 31.2 Å². The van der Waals surface area contributed by atoms with Gasteiger partial charge in [0.05, 0.1) is 24.4 Å². The Hall–Kier alpha value is -1.81. The molecule has 4 nitrogen and oxygen atoms in total. The van der Waals surface area contributed by atoms with Gasteiger partial charge < -0.3 is 14.6 Å². The molecular formula is C13H15N3O. The lowest BCUT2D eigenvalue weighted by molar-refractivity contribution is 0.568. The van der Waals surface area contributed by atoms with Gasteiger partial charge in [-0.25, -0.2) is 0 Å². The van der Waals surface area contributed by atoms with E-state index in [4.69, 9.17) is 4.42 Å². The van der Waals surface area contributed by atoms with Crippen LogP contribution >= 0.6 is 0 Å². The second kappa shape index (κ2) is 4.59. The SMILES string of the molecule is c1cc(-c2cncc(N3CCNCC3)c2)co1. The maximum atomic E-state index is 5.10. The van der Waals surface area contributed by atoms with Crippen molar-refractivity contribution < 1.29 is 4.42 Å². The maximum Gasteiger partial charge on any atom is 0.0981 e. The summed E-state index contributed by atoms with van der Waals surface area (Å²) in [5.41, 5.74) is 3.37. The van der Waals surface area contributed by atoms with Crippen molar-refractivity contribution >= 4 is 5.69 Å². The third kappa shape index (κ3) is 2.17. The third-order valence-corrected chi connectivity index (χ3v) is 3.06. The first-order valence-electron chi connectivity index (χ1n) is 5.87. The molecule has 0 unspecified atom stereocenters. The first kappa shape index (κ1) is 10.4. The van der Waals surface area contributed by atoms with E-state index in [-0.39, 0.29) is 0 Å². The highest BCUT2D eigenvalue weighted by Crippen LogP contribution is 2.23. The Kier molecular flexibility index (Phi) is 2.80. The summed E-state index contributed by atoms with van der Waals surface area (Å²) in [4.78, 5) is 6.67. The van der Waals surface area contributed by atoms with E-state index in [1.54, 1.807) is 12.5 Å². The Morgan fingerprint density at radius 2 is 2.06 bits per heavy atom. The minimum Gasteiger partial charge on any atom is -0.472 e. The van der Waals surface area contributed by atoms with E-state index >= 15 is 0 Å². The van der Waals surface area contributed by atoms with Gasteiger partial charge in [0.15, 0.2) is 0 Å². The molecule has 88 valence electrons. The van der Waals surface area contributed by atoms with E-state index in [9.17, 15) is 0 Å². The monoisotopic (exact) mass is 229 g/mol. The molecule has 0 atom stereocenters.